The van der Waals surface area contributed by atoms with Gasteiger partial charge in [0.15, 0.2) is 6.10 Å². The van der Waals surface area contributed by atoms with Crippen LogP contribution in [0.4, 0.5) is 0 Å². The molecule has 0 saturated heterocycles. The molecule has 0 amide bonds. The quantitative estimate of drug-likeness (QED) is 0.853. The number of para-hydroxylation sites is 1. The number of nitrogens with zero attached hydrogens (tertiary/aromatic N) is 1. The second-order valence-corrected chi connectivity index (χ2v) is 4.14. The van der Waals surface area contributed by atoms with Crippen LogP contribution < -0.4 is 0 Å². The summed E-state index contributed by atoms with van der Waals surface area (Å²) in [5.74, 6) is -0.895. The van der Waals surface area contributed by atoms with E-state index in [-0.39, 0.29) is 0 Å². The second kappa shape index (κ2) is 5.69. The molecule has 0 fully saturated rings. The number of aliphatic carboxylic acids is 1. The molecule has 1 unspecified atom stereocenters. The third-order valence-electron chi connectivity index (χ3n) is 2.96. The number of carbonyl (C=O) groups is 1. The van der Waals surface area contributed by atoms with Crippen LogP contribution in [-0.2, 0) is 16.1 Å². The molecule has 0 bridgehead atoms. The lowest BCUT2D eigenvalue weighted by Crippen LogP contribution is -2.25. The molecule has 1 aromatic heterocycles. The first-order valence-electron chi connectivity index (χ1n) is 6.10. The van der Waals surface area contributed by atoms with E-state index in [1.807, 2.05) is 36.5 Å². The van der Waals surface area contributed by atoms with Crippen LogP contribution >= 0.6 is 0 Å². The van der Waals surface area contributed by atoms with Crippen molar-refractivity contribution in [2.75, 3.05) is 6.61 Å². The molecule has 0 aliphatic carbocycles. The molecule has 1 N–H and O–H groups in total. The third kappa shape index (κ3) is 2.71. The fourth-order valence-corrected chi connectivity index (χ4v) is 2.07. The van der Waals surface area contributed by atoms with E-state index >= 15 is 0 Å². The number of carboxylic acid groups (broad SMARTS) is 1. The zero-order valence-electron chi connectivity index (χ0n) is 10.4. The smallest absolute Gasteiger partial charge is 0.332 e. The minimum absolute atomic E-state index is 0.420. The fraction of sp³-hybridized carbons (Fsp3) is 0.357. The van der Waals surface area contributed by atoms with Crippen molar-refractivity contribution < 1.29 is 14.6 Å². The molecule has 1 atom stereocenters. The first-order valence-corrected chi connectivity index (χ1v) is 6.10. The molecule has 4 heteroatoms. The summed E-state index contributed by atoms with van der Waals surface area (Å²) in [6, 6.07) is 10.1. The van der Waals surface area contributed by atoms with Crippen LogP contribution in [0.25, 0.3) is 10.9 Å². The minimum atomic E-state index is -0.895. The maximum absolute atomic E-state index is 11.0. The lowest BCUT2D eigenvalue weighted by atomic mass is 10.2. The summed E-state index contributed by atoms with van der Waals surface area (Å²) in [6.07, 6.45) is 1.73. The van der Waals surface area contributed by atoms with Gasteiger partial charge in [-0.15, -0.1) is 0 Å². The summed E-state index contributed by atoms with van der Waals surface area (Å²) in [5.41, 5.74) is 1.12. The van der Waals surface area contributed by atoms with Gasteiger partial charge in [0.25, 0.3) is 0 Å². The zero-order chi connectivity index (χ0) is 13.0. The van der Waals surface area contributed by atoms with Gasteiger partial charge in [0.05, 0.1) is 0 Å². The van der Waals surface area contributed by atoms with Gasteiger partial charge in [0, 0.05) is 31.3 Å². The van der Waals surface area contributed by atoms with E-state index in [2.05, 4.69) is 4.57 Å². The summed E-state index contributed by atoms with van der Waals surface area (Å²) >= 11 is 0. The number of carboxylic acids is 1. The van der Waals surface area contributed by atoms with Gasteiger partial charge in [0.2, 0.25) is 0 Å². The Balaban J connectivity index is 2.07. The van der Waals surface area contributed by atoms with Crippen molar-refractivity contribution in [2.45, 2.75) is 26.0 Å². The lowest BCUT2D eigenvalue weighted by molar-refractivity contribution is -0.150. The van der Waals surface area contributed by atoms with Crippen LogP contribution in [0.5, 0.6) is 0 Å². The maximum atomic E-state index is 11.0. The molecule has 0 saturated carbocycles. The molecule has 4 nitrogen and oxygen atoms in total. The van der Waals surface area contributed by atoms with Gasteiger partial charge in [-0.05, 0) is 24.4 Å². The monoisotopic (exact) mass is 247 g/mol. The van der Waals surface area contributed by atoms with Crippen molar-refractivity contribution in [1.29, 1.82) is 0 Å². The molecule has 2 aromatic rings. The van der Waals surface area contributed by atoms with Crippen LogP contribution in [0.2, 0.25) is 0 Å². The molecule has 0 aliphatic rings. The number of hydrogen-bond acceptors (Lipinski definition) is 2. The van der Waals surface area contributed by atoms with Gasteiger partial charge < -0.3 is 14.4 Å². The molecule has 0 aliphatic heterocycles. The average molecular weight is 247 g/mol. The molecule has 2 rings (SSSR count). The Bertz CT molecular complexity index is 533. The highest BCUT2D eigenvalue weighted by molar-refractivity contribution is 5.80. The van der Waals surface area contributed by atoms with E-state index in [0.29, 0.717) is 19.6 Å². The first-order chi connectivity index (χ1) is 8.72. The lowest BCUT2D eigenvalue weighted by Gasteiger charge is -2.13. The van der Waals surface area contributed by atoms with E-state index in [9.17, 15) is 4.79 Å². The van der Waals surface area contributed by atoms with E-state index in [4.69, 9.17) is 9.84 Å². The van der Waals surface area contributed by atoms with Crippen LogP contribution in [-0.4, -0.2) is 28.4 Å². The fourth-order valence-electron chi connectivity index (χ4n) is 2.07. The van der Waals surface area contributed by atoms with Gasteiger partial charge in [-0.25, -0.2) is 4.79 Å². The number of aryl methyl sites for hydroxylation is 1. The zero-order valence-corrected chi connectivity index (χ0v) is 10.4. The molecule has 18 heavy (non-hydrogen) atoms. The number of fused-ring (bicyclic) bond motifs is 1. The number of benzene rings is 1. The third-order valence-corrected chi connectivity index (χ3v) is 2.96. The summed E-state index contributed by atoms with van der Waals surface area (Å²) in [5, 5.41) is 10.2. The van der Waals surface area contributed by atoms with E-state index in [1.165, 1.54) is 5.39 Å². The van der Waals surface area contributed by atoms with Crippen molar-refractivity contribution >= 4 is 16.9 Å². The molecule has 1 heterocycles. The topological polar surface area (TPSA) is 51.5 Å². The first kappa shape index (κ1) is 12.6. The highest BCUT2D eigenvalue weighted by Crippen LogP contribution is 2.16. The standard InChI is InChI=1S/C14H17NO3/c1-2-18-13(14(16)17)8-10-15-9-7-11-5-3-4-6-12(11)15/h3-7,9,13H,2,8,10H2,1H3,(H,16,17). The van der Waals surface area contributed by atoms with Crippen molar-refractivity contribution in [3.63, 3.8) is 0 Å². The Kier molecular flexibility index (Phi) is 3.99. The summed E-state index contributed by atoms with van der Waals surface area (Å²) < 4.78 is 7.26. The maximum Gasteiger partial charge on any atom is 0.332 e. The second-order valence-electron chi connectivity index (χ2n) is 4.14. The van der Waals surface area contributed by atoms with Gasteiger partial charge in [-0.3, -0.25) is 0 Å². The van der Waals surface area contributed by atoms with Gasteiger partial charge in [-0.1, -0.05) is 18.2 Å². The highest BCUT2D eigenvalue weighted by atomic mass is 16.5. The Morgan fingerprint density at radius 3 is 2.89 bits per heavy atom. The molecule has 1 aromatic carbocycles. The summed E-state index contributed by atoms with van der Waals surface area (Å²) in [4.78, 5) is 11.0. The largest absolute Gasteiger partial charge is 0.479 e. The number of ether oxygens (including phenoxy) is 1. The van der Waals surface area contributed by atoms with Crippen LogP contribution in [0.3, 0.4) is 0 Å². The van der Waals surface area contributed by atoms with E-state index in [0.717, 1.165) is 5.52 Å². The van der Waals surface area contributed by atoms with Crippen molar-refractivity contribution in [3.05, 3.63) is 36.5 Å². The molecule has 0 radical (unpaired) electrons. The molecule has 96 valence electrons. The molecule has 0 spiro atoms. The highest BCUT2D eigenvalue weighted by Gasteiger charge is 2.17. The Labute approximate surface area is 106 Å². The molecular weight excluding hydrogens is 230 g/mol. The van der Waals surface area contributed by atoms with Gasteiger partial charge in [-0.2, -0.15) is 0 Å². The summed E-state index contributed by atoms with van der Waals surface area (Å²) in [7, 11) is 0. The number of aromatic nitrogens is 1. The predicted octanol–water partition coefficient (Wildman–Crippen LogP) is 2.52. The van der Waals surface area contributed by atoms with Crippen LogP contribution in [0, 0.1) is 0 Å². The normalized spacial score (nSPS) is 12.7. The van der Waals surface area contributed by atoms with Crippen LogP contribution in [0.1, 0.15) is 13.3 Å². The number of rotatable bonds is 6. The Morgan fingerprint density at radius 2 is 2.17 bits per heavy atom. The van der Waals surface area contributed by atoms with Crippen molar-refractivity contribution in [2.24, 2.45) is 0 Å². The summed E-state index contributed by atoms with van der Waals surface area (Å²) in [6.45, 7) is 2.87. The van der Waals surface area contributed by atoms with E-state index < -0.39 is 12.1 Å². The predicted molar refractivity (Wildman–Crippen MR) is 69.6 cm³/mol. The average Bonchev–Trinajstić information content (AvgIpc) is 2.77. The van der Waals surface area contributed by atoms with Crippen molar-refractivity contribution in [3.8, 4) is 0 Å². The van der Waals surface area contributed by atoms with Gasteiger partial charge in [0.1, 0.15) is 0 Å². The minimum Gasteiger partial charge on any atom is -0.479 e. The van der Waals surface area contributed by atoms with Crippen LogP contribution in [0.15, 0.2) is 36.5 Å². The Hall–Kier alpha value is -1.81. The SMILES string of the molecule is CCOC(CCn1ccc2ccccc21)C(=O)O. The number of hydrogen-bond donors (Lipinski definition) is 1. The Morgan fingerprint density at radius 1 is 1.39 bits per heavy atom. The van der Waals surface area contributed by atoms with Gasteiger partial charge >= 0.3 is 5.97 Å². The van der Waals surface area contributed by atoms with E-state index in [1.54, 1.807) is 6.92 Å². The molecular formula is C14H17NO3. The van der Waals surface area contributed by atoms with Crippen molar-refractivity contribution in [1.82, 2.24) is 4.57 Å².